The van der Waals surface area contributed by atoms with Crippen LogP contribution in [0.5, 0.6) is 11.5 Å². The molecule has 0 aliphatic heterocycles. The van der Waals surface area contributed by atoms with Gasteiger partial charge in [0.05, 0.1) is 29.5 Å². The number of benzene rings is 3. The number of hydrazone groups is 1. The number of methoxy groups -OCH3 is 1. The number of nitro benzene ring substituents is 1. The van der Waals surface area contributed by atoms with Crippen LogP contribution in [-0.4, -0.2) is 29.3 Å². The Labute approximate surface area is 184 Å². The second-order valence-electron chi connectivity index (χ2n) is 6.83. The van der Waals surface area contributed by atoms with E-state index >= 15 is 0 Å². The molecule has 2 N–H and O–H groups in total. The average molecular weight is 435 g/mol. The first-order chi connectivity index (χ1) is 15.4. The van der Waals surface area contributed by atoms with Crippen molar-refractivity contribution in [2.45, 2.75) is 13.5 Å². The van der Waals surface area contributed by atoms with Gasteiger partial charge in [-0.05, 0) is 30.7 Å². The predicted molar refractivity (Wildman–Crippen MR) is 120 cm³/mol. The van der Waals surface area contributed by atoms with E-state index in [4.69, 9.17) is 9.47 Å². The summed E-state index contributed by atoms with van der Waals surface area (Å²) < 4.78 is 11.1. The number of para-hydroxylation sites is 1. The van der Waals surface area contributed by atoms with E-state index in [9.17, 15) is 20.0 Å². The fourth-order valence-electron chi connectivity index (χ4n) is 3.02. The number of nitrogens with zero attached hydrogens (tertiary/aromatic N) is 2. The van der Waals surface area contributed by atoms with Gasteiger partial charge in [0.25, 0.3) is 0 Å². The molecule has 32 heavy (non-hydrogen) atoms. The molecule has 9 heteroatoms. The van der Waals surface area contributed by atoms with Gasteiger partial charge in [-0.1, -0.05) is 42.0 Å². The highest BCUT2D eigenvalue weighted by molar-refractivity contribution is 5.94. The van der Waals surface area contributed by atoms with E-state index in [0.29, 0.717) is 5.56 Å². The number of carboxylic acid groups (broad SMARTS) is 1. The number of ether oxygens (including phenoxy) is 2. The lowest BCUT2D eigenvalue weighted by atomic mass is 10.1. The second-order valence-corrected chi connectivity index (χ2v) is 6.83. The number of carbonyl (C=O) groups is 1. The molecule has 0 aromatic heterocycles. The van der Waals surface area contributed by atoms with Crippen molar-refractivity contribution in [3.05, 3.63) is 93.0 Å². The van der Waals surface area contributed by atoms with Gasteiger partial charge in [-0.15, -0.1) is 0 Å². The highest BCUT2D eigenvalue weighted by Crippen LogP contribution is 2.38. The van der Waals surface area contributed by atoms with Crippen molar-refractivity contribution in [3.63, 3.8) is 0 Å². The zero-order chi connectivity index (χ0) is 23.1. The summed E-state index contributed by atoms with van der Waals surface area (Å²) in [4.78, 5) is 22.4. The van der Waals surface area contributed by atoms with Gasteiger partial charge in [0.15, 0.2) is 5.75 Å². The molecule has 0 saturated heterocycles. The van der Waals surface area contributed by atoms with E-state index in [0.717, 1.165) is 11.1 Å². The van der Waals surface area contributed by atoms with Gasteiger partial charge in [-0.2, -0.15) is 5.10 Å². The summed E-state index contributed by atoms with van der Waals surface area (Å²) in [6.45, 7) is 2.09. The third-order valence-corrected chi connectivity index (χ3v) is 4.50. The molecular weight excluding hydrogens is 414 g/mol. The van der Waals surface area contributed by atoms with Crippen LogP contribution in [0.25, 0.3) is 0 Å². The minimum atomic E-state index is -1.10. The molecule has 0 unspecified atom stereocenters. The van der Waals surface area contributed by atoms with Crippen LogP contribution >= 0.6 is 0 Å². The molecule has 0 spiro atoms. The molecule has 0 fully saturated rings. The van der Waals surface area contributed by atoms with Gasteiger partial charge >= 0.3 is 11.7 Å². The molecule has 3 rings (SSSR count). The summed E-state index contributed by atoms with van der Waals surface area (Å²) >= 11 is 0. The number of hydrogen-bond donors (Lipinski definition) is 2. The average Bonchev–Trinajstić information content (AvgIpc) is 2.77. The Balaban J connectivity index is 1.85. The summed E-state index contributed by atoms with van der Waals surface area (Å²) in [5.74, 6) is -0.907. The Morgan fingerprint density at radius 1 is 1.19 bits per heavy atom. The number of rotatable bonds is 9. The predicted octanol–water partition coefficient (Wildman–Crippen LogP) is 4.64. The van der Waals surface area contributed by atoms with Crippen molar-refractivity contribution in [2.24, 2.45) is 5.10 Å². The quantitative estimate of drug-likeness (QED) is 0.285. The lowest BCUT2D eigenvalue weighted by molar-refractivity contribution is -0.386. The molecule has 0 amide bonds. The lowest BCUT2D eigenvalue weighted by Gasteiger charge is -2.12. The Morgan fingerprint density at radius 3 is 2.66 bits per heavy atom. The van der Waals surface area contributed by atoms with Gasteiger partial charge < -0.3 is 14.6 Å². The van der Waals surface area contributed by atoms with Gasteiger partial charge in [0.2, 0.25) is 5.75 Å². The van der Waals surface area contributed by atoms with Gasteiger partial charge in [0.1, 0.15) is 6.61 Å². The zero-order valence-corrected chi connectivity index (χ0v) is 17.4. The monoisotopic (exact) mass is 435 g/mol. The molecule has 9 nitrogen and oxygen atoms in total. The van der Waals surface area contributed by atoms with Crippen LogP contribution in [0.2, 0.25) is 0 Å². The smallest absolute Gasteiger partial charge is 0.337 e. The Kier molecular flexibility index (Phi) is 7.02. The van der Waals surface area contributed by atoms with Crippen LogP contribution in [0.15, 0.2) is 65.8 Å². The number of nitrogens with one attached hydrogen (secondary N) is 1. The first-order valence-corrected chi connectivity index (χ1v) is 9.55. The van der Waals surface area contributed by atoms with Gasteiger partial charge in [-0.3, -0.25) is 15.5 Å². The summed E-state index contributed by atoms with van der Waals surface area (Å²) in [7, 11) is 1.39. The topological polar surface area (TPSA) is 123 Å². The molecule has 3 aromatic carbocycles. The minimum absolute atomic E-state index is 0.0142. The fourth-order valence-corrected chi connectivity index (χ4v) is 3.02. The van der Waals surface area contributed by atoms with Crippen molar-refractivity contribution in [1.29, 1.82) is 0 Å². The molecule has 164 valence electrons. The number of carboxylic acids is 1. The minimum Gasteiger partial charge on any atom is -0.493 e. The van der Waals surface area contributed by atoms with E-state index in [1.165, 1.54) is 25.5 Å². The van der Waals surface area contributed by atoms with E-state index in [1.807, 2.05) is 31.2 Å². The fraction of sp³-hybridized carbons (Fsp3) is 0.130. The summed E-state index contributed by atoms with van der Waals surface area (Å²) in [6.07, 6.45) is 1.33. The number of nitro groups is 1. The van der Waals surface area contributed by atoms with E-state index in [1.54, 1.807) is 24.3 Å². The Morgan fingerprint density at radius 2 is 1.97 bits per heavy atom. The third-order valence-electron chi connectivity index (χ3n) is 4.50. The second kappa shape index (κ2) is 10.1. The SMILES string of the molecule is COc1cc(C=NNc2ccccc2C(=O)O)cc([N+](=O)[O-])c1OCc1cccc(C)c1. The van der Waals surface area contributed by atoms with Crippen LogP contribution in [0.3, 0.4) is 0 Å². The molecule has 0 radical (unpaired) electrons. The zero-order valence-electron chi connectivity index (χ0n) is 17.4. The van der Waals surface area contributed by atoms with Crippen molar-refractivity contribution >= 4 is 23.6 Å². The highest BCUT2D eigenvalue weighted by atomic mass is 16.6. The molecule has 0 bridgehead atoms. The third kappa shape index (κ3) is 5.39. The maximum absolute atomic E-state index is 11.7. The molecular formula is C23H21N3O6. The molecule has 0 saturated carbocycles. The summed E-state index contributed by atoms with van der Waals surface area (Å²) in [5.41, 5.74) is 5.00. The Bertz CT molecular complexity index is 1180. The first kappa shape index (κ1) is 22.3. The standard InChI is InChI=1S/C23H21N3O6/c1-15-6-5-7-16(10-15)14-32-22-20(26(29)30)11-17(12-21(22)31-2)13-24-25-19-9-4-3-8-18(19)23(27)28/h3-13,25H,14H2,1-2H3,(H,27,28). The van der Waals surface area contributed by atoms with Crippen LogP contribution in [0, 0.1) is 17.0 Å². The van der Waals surface area contributed by atoms with Gasteiger partial charge in [-0.25, -0.2) is 4.79 Å². The normalized spacial score (nSPS) is 10.7. The van der Waals surface area contributed by atoms with E-state index in [2.05, 4.69) is 10.5 Å². The lowest BCUT2D eigenvalue weighted by Crippen LogP contribution is -2.04. The van der Waals surface area contributed by atoms with E-state index < -0.39 is 10.9 Å². The maximum atomic E-state index is 11.7. The summed E-state index contributed by atoms with van der Waals surface area (Å²) in [5, 5.41) is 24.9. The van der Waals surface area contributed by atoms with E-state index in [-0.39, 0.29) is 35.0 Å². The molecule has 3 aromatic rings. The van der Waals surface area contributed by atoms with Crippen molar-refractivity contribution < 1.29 is 24.3 Å². The van der Waals surface area contributed by atoms with Crippen LogP contribution in [-0.2, 0) is 6.61 Å². The largest absolute Gasteiger partial charge is 0.493 e. The van der Waals surface area contributed by atoms with Crippen molar-refractivity contribution in [1.82, 2.24) is 0 Å². The summed E-state index contributed by atoms with van der Waals surface area (Å²) in [6, 6.07) is 16.8. The van der Waals surface area contributed by atoms with Crippen molar-refractivity contribution in [2.75, 3.05) is 12.5 Å². The van der Waals surface area contributed by atoms with Crippen molar-refractivity contribution in [3.8, 4) is 11.5 Å². The number of aryl methyl sites for hydroxylation is 1. The van der Waals surface area contributed by atoms with Crippen LogP contribution < -0.4 is 14.9 Å². The first-order valence-electron chi connectivity index (χ1n) is 9.55. The van der Waals surface area contributed by atoms with Crippen LogP contribution in [0.1, 0.15) is 27.0 Å². The number of anilines is 1. The molecule has 0 aliphatic rings. The molecule has 0 atom stereocenters. The maximum Gasteiger partial charge on any atom is 0.337 e. The number of aromatic carboxylic acids is 1. The van der Waals surface area contributed by atoms with Gasteiger partial charge in [0, 0.05) is 11.6 Å². The number of hydrogen-bond acceptors (Lipinski definition) is 7. The Hall–Kier alpha value is -4.40. The molecule has 0 heterocycles. The molecule has 0 aliphatic carbocycles. The van der Waals surface area contributed by atoms with Crippen LogP contribution in [0.4, 0.5) is 11.4 Å². The highest BCUT2D eigenvalue weighted by Gasteiger charge is 2.22.